The summed E-state index contributed by atoms with van der Waals surface area (Å²) in [5.41, 5.74) is -0.236. The third-order valence-corrected chi connectivity index (χ3v) is 12.6. The van der Waals surface area contributed by atoms with Gasteiger partial charge < -0.3 is 14.4 Å². The van der Waals surface area contributed by atoms with Gasteiger partial charge in [-0.1, -0.05) is 65.0 Å². The maximum absolute atomic E-state index is 14.7. The summed E-state index contributed by atoms with van der Waals surface area (Å²) in [4.78, 5) is 43.8. The molecule has 2 amide bonds. The van der Waals surface area contributed by atoms with Crippen molar-refractivity contribution >= 4 is 17.8 Å². The zero-order valence-corrected chi connectivity index (χ0v) is 26.8. The Morgan fingerprint density at radius 1 is 1.05 bits per heavy atom. The molecule has 0 aromatic heterocycles. The van der Waals surface area contributed by atoms with Gasteiger partial charge in [-0.05, 0) is 81.4 Å². The normalized spacial score (nSPS) is 42.3. The van der Waals surface area contributed by atoms with Crippen LogP contribution in [0.4, 0.5) is 4.79 Å². The van der Waals surface area contributed by atoms with Gasteiger partial charge in [0.25, 0.3) is 0 Å². The van der Waals surface area contributed by atoms with Gasteiger partial charge in [-0.15, -0.1) is 0 Å². The Bertz CT molecular complexity index is 1170. The predicted molar refractivity (Wildman–Crippen MR) is 163 cm³/mol. The van der Waals surface area contributed by atoms with E-state index >= 15 is 0 Å². The summed E-state index contributed by atoms with van der Waals surface area (Å²) >= 11 is 0. The molecule has 232 valence electrons. The first kappa shape index (κ1) is 31.2. The minimum atomic E-state index is -0.724. The zero-order chi connectivity index (χ0) is 30.4. The van der Waals surface area contributed by atoms with Gasteiger partial charge in [-0.25, -0.2) is 4.79 Å². The van der Waals surface area contributed by atoms with Crippen LogP contribution in [0.1, 0.15) is 78.7 Å². The Morgan fingerprint density at radius 2 is 1.74 bits per heavy atom. The molecule has 5 rings (SSSR count). The molecule has 0 spiro atoms. The second kappa shape index (κ2) is 11.7. The molecule has 4 fully saturated rings. The van der Waals surface area contributed by atoms with E-state index in [1.807, 2.05) is 25.2 Å². The number of Topliss-reactive ketones (excluding diaryl/α,β-unsaturated/α-hetero) is 1. The molecule has 1 N–H and O–H groups in total. The molecule has 7 heteroatoms. The zero-order valence-electron chi connectivity index (χ0n) is 26.8. The number of rotatable bonds is 5. The van der Waals surface area contributed by atoms with Crippen LogP contribution in [0.5, 0.6) is 0 Å². The third kappa shape index (κ3) is 5.23. The first-order chi connectivity index (χ1) is 19.9. The lowest BCUT2D eigenvalue weighted by Crippen LogP contribution is -2.63. The Hall–Kier alpha value is -2.25. The number of carbonyl (C=O) groups is 3. The van der Waals surface area contributed by atoms with Crippen molar-refractivity contribution < 1.29 is 23.9 Å². The number of hydrogen-bond donors (Lipinski definition) is 1. The van der Waals surface area contributed by atoms with Crippen LogP contribution in [0, 0.1) is 45.8 Å². The number of piperidine rings is 1. The molecule has 1 heterocycles. The SMILES string of the molecule is CO[C@@H]1CCC23CC[C@@H](C)[C@](C)(C12)[C@H](OC(=O)NC(=O)[C@H]1CN(C)CC[C@@H]1C)C[C@@](C)(Cc1ccccc1)C(=O)[C@@H]3C. The molecule has 3 aliphatic carbocycles. The average molecular weight is 581 g/mol. The molecule has 3 saturated carbocycles. The summed E-state index contributed by atoms with van der Waals surface area (Å²) in [6.07, 6.45) is 4.49. The van der Waals surface area contributed by atoms with E-state index in [1.165, 1.54) is 0 Å². The molecule has 1 aliphatic heterocycles. The van der Waals surface area contributed by atoms with Crippen LogP contribution in [0.3, 0.4) is 0 Å². The fraction of sp³-hybridized carbons (Fsp3) is 0.743. The first-order valence-corrected chi connectivity index (χ1v) is 16.2. The number of nitrogens with one attached hydrogen (secondary N) is 1. The highest BCUT2D eigenvalue weighted by molar-refractivity contribution is 5.93. The van der Waals surface area contributed by atoms with Crippen molar-refractivity contribution in [1.82, 2.24) is 10.2 Å². The Kier molecular flexibility index (Phi) is 8.67. The van der Waals surface area contributed by atoms with Crippen molar-refractivity contribution in [2.45, 2.75) is 91.8 Å². The molecular formula is C35H52N2O5. The molecule has 2 bridgehead atoms. The lowest BCUT2D eigenvalue weighted by atomic mass is 9.43. The number of nitrogens with zero attached hydrogens (tertiary/aromatic N) is 1. The number of carbonyl (C=O) groups excluding carboxylic acids is 3. The predicted octanol–water partition coefficient (Wildman–Crippen LogP) is 5.90. The smallest absolute Gasteiger partial charge is 0.414 e. The molecule has 2 unspecified atom stereocenters. The molecular weight excluding hydrogens is 528 g/mol. The molecule has 4 aliphatic rings. The lowest BCUT2D eigenvalue weighted by molar-refractivity contribution is -0.192. The van der Waals surface area contributed by atoms with E-state index in [0.717, 1.165) is 44.2 Å². The topological polar surface area (TPSA) is 84.9 Å². The highest BCUT2D eigenvalue weighted by Crippen LogP contribution is 2.68. The number of amides is 2. The number of benzene rings is 1. The Morgan fingerprint density at radius 3 is 2.43 bits per heavy atom. The molecule has 0 radical (unpaired) electrons. The Balaban J connectivity index is 1.52. The van der Waals surface area contributed by atoms with Crippen molar-refractivity contribution in [3.63, 3.8) is 0 Å². The maximum atomic E-state index is 14.7. The highest BCUT2D eigenvalue weighted by atomic mass is 16.6. The number of likely N-dealkylation sites (tertiary alicyclic amines) is 1. The lowest BCUT2D eigenvalue weighted by Gasteiger charge is -2.61. The van der Waals surface area contributed by atoms with Crippen molar-refractivity contribution in [2.75, 3.05) is 27.2 Å². The molecule has 7 nitrogen and oxygen atoms in total. The van der Waals surface area contributed by atoms with E-state index in [1.54, 1.807) is 7.11 Å². The highest BCUT2D eigenvalue weighted by Gasteiger charge is 2.68. The number of ether oxygens (including phenoxy) is 2. The molecule has 1 saturated heterocycles. The quantitative estimate of drug-likeness (QED) is 0.467. The Labute approximate surface area is 252 Å². The van der Waals surface area contributed by atoms with Gasteiger partial charge in [-0.2, -0.15) is 0 Å². The molecule has 10 atom stereocenters. The minimum absolute atomic E-state index is 0.000832. The van der Waals surface area contributed by atoms with Crippen molar-refractivity contribution in [3.05, 3.63) is 35.9 Å². The number of ketones is 1. The summed E-state index contributed by atoms with van der Waals surface area (Å²) in [6.45, 7) is 12.4. The number of hydrogen-bond acceptors (Lipinski definition) is 6. The van der Waals surface area contributed by atoms with E-state index < -0.39 is 23.0 Å². The van der Waals surface area contributed by atoms with Crippen molar-refractivity contribution in [2.24, 2.45) is 45.8 Å². The van der Waals surface area contributed by atoms with Crippen LogP contribution < -0.4 is 5.32 Å². The number of alkyl carbamates (subject to hydrolysis) is 1. The van der Waals surface area contributed by atoms with Crippen LogP contribution in [0.25, 0.3) is 0 Å². The standard InChI is InChI=1S/C35H52N2O5/c1-22-15-18-37(6)21-26(22)31(39)36-32(40)42-28-20-33(4,19-25-11-9-8-10-12-25)30(38)24(3)35-16-13-23(2)34(28,5)29(35)27(41-7)14-17-35/h8-12,22-24,26-29H,13-21H2,1-7H3,(H,36,39,40)/t22-,23+,24-,26-,27+,28+,29?,33+,34-,35?/m0/s1. The van der Waals surface area contributed by atoms with Gasteiger partial charge in [0.2, 0.25) is 5.91 Å². The van der Waals surface area contributed by atoms with Crippen LogP contribution in [0.2, 0.25) is 0 Å². The second-order valence-corrected chi connectivity index (χ2v) is 14.9. The van der Waals surface area contributed by atoms with Crippen LogP contribution in [-0.2, 0) is 25.5 Å². The van der Waals surface area contributed by atoms with Crippen LogP contribution in [0.15, 0.2) is 30.3 Å². The van der Waals surface area contributed by atoms with E-state index in [-0.39, 0.29) is 52.8 Å². The molecule has 1 aromatic rings. The summed E-state index contributed by atoms with van der Waals surface area (Å²) in [7, 11) is 3.79. The second-order valence-electron chi connectivity index (χ2n) is 14.9. The van der Waals surface area contributed by atoms with Crippen molar-refractivity contribution in [3.8, 4) is 0 Å². The van der Waals surface area contributed by atoms with Gasteiger partial charge in [-0.3, -0.25) is 14.9 Å². The molecule has 1 aromatic carbocycles. The summed E-state index contributed by atoms with van der Waals surface area (Å²) in [5, 5.41) is 2.63. The largest absolute Gasteiger partial charge is 0.445 e. The number of methoxy groups -OCH3 is 1. The fourth-order valence-electron chi connectivity index (χ4n) is 9.79. The van der Waals surface area contributed by atoms with Gasteiger partial charge in [0.05, 0.1) is 12.0 Å². The minimum Gasteiger partial charge on any atom is -0.445 e. The third-order valence-electron chi connectivity index (χ3n) is 12.6. The summed E-state index contributed by atoms with van der Waals surface area (Å²) in [6, 6.07) is 10.2. The van der Waals surface area contributed by atoms with Crippen LogP contribution >= 0.6 is 0 Å². The van der Waals surface area contributed by atoms with Gasteiger partial charge in [0.15, 0.2) is 0 Å². The van der Waals surface area contributed by atoms with Crippen molar-refractivity contribution in [1.29, 1.82) is 0 Å². The summed E-state index contributed by atoms with van der Waals surface area (Å²) < 4.78 is 12.6. The monoisotopic (exact) mass is 580 g/mol. The number of imide groups is 1. The van der Waals surface area contributed by atoms with E-state index in [0.29, 0.717) is 19.4 Å². The van der Waals surface area contributed by atoms with E-state index in [2.05, 4.69) is 57.0 Å². The first-order valence-electron chi connectivity index (χ1n) is 16.2. The fourth-order valence-corrected chi connectivity index (χ4v) is 9.79. The van der Waals surface area contributed by atoms with E-state index in [4.69, 9.17) is 9.47 Å². The molecule has 42 heavy (non-hydrogen) atoms. The van der Waals surface area contributed by atoms with E-state index in [9.17, 15) is 14.4 Å². The van der Waals surface area contributed by atoms with Gasteiger partial charge in [0.1, 0.15) is 11.9 Å². The van der Waals surface area contributed by atoms with Crippen LogP contribution in [-0.4, -0.2) is 62.1 Å². The van der Waals surface area contributed by atoms with Gasteiger partial charge >= 0.3 is 6.09 Å². The summed E-state index contributed by atoms with van der Waals surface area (Å²) in [5.74, 6) is 0.143. The maximum Gasteiger partial charge on any atom is 0.414 e. The van der Waals surface area contributed by atoms with Gasteiger partial charge in [0, 0.05) is 36.3 Å². The average Bonchev–Trinajstić information content (AvgIpc) is 3.36.